The normalized spacial score (nSPS) is 14.2. The lowest BCUT2D eigenvalue weighted by Crippen LogP contribution is -2.36. The summed E-state index contributed by atoms with van der Waals surface area (Å²) in [6.07, 6.45) is 1.87. The summed E-state index contributed by atoms with van der Waals surface area (Å²) in [5, 5.41) is 2.94. The van der Waals surface area contributed by atoms with Gasteiger partial charge in [-0.2, -0.15) is 0 Å². The molecule has 1 saturated heterocycles. The van der Waals surface area contributed by atoms with Crippen molar-refractivity contribution in [3.63, 3.8) is 0 Å². The van der Waals surface area contributed by atoms with E-state index in [0.717, 1.165) is 59.4 Å². The number of para-hydroxylation sites is 2. The van der Waals surface area contributed by atoms with Crippen LogP contribution in [-0.4, -0.2) is 47.2 Å². The van der Waals surface area contributed by atoms with Gasteiger partial charge in [0.1, 0.15) is 11.6 Å². The lowest BCUT2D eigenvalue weighted by Gasteiger charge is -2.27. The van der Waals surface area contributed by atoms with Crippen LogP contribution in [0.15, 0.2) is 54.7 Å². The number of morpholine rings is 1. The average molecular weight is 420 g/mol. The minimum absolute atomic E-state index is 0.107. The molecule has 1 aliphatic rings. The van der Waals surface area contributed by atoms with Gasteiger partial charge in [-0.05, 0) is 36.4 Å². The zero-order valence-corrected chi connectivity index (χ0v) is 17.1. The molecule has 1 aromatic carbocycles. The zero-order valence-electron chi connectivity index (χ0n) is 16.3. The Labute approximate surface area is 177 Å². The van der Waals surface area contributed by atoms with Crippen molar-refractivity contribution in [3.05, 3.63) is 65.4 Å². The number of rotatable bonds is 5. The molecule has 0 radical (unpaired) electrons. The van der Waals surface area contributed by atoms with Crippen LogP contribution in [0.2, 0.25) is 0 Å². The second-order valence-electron chi connectivity index (χ2n) is 7.05. The molecule has 2 N–H and O–H groups in total. The van der Waals surface area contributed by atoms with Gasteiger partial charge in [-0.1, -0.05) is 12.1 Å². The second-order valence-corrected chi connectivity index (χ2v) is 8.14. The molecule has 0 unspecified atom stereocenters. The van der Waals surface area contributed by atoms with Crippen LogP contribution in [0, 0.1) is 0 Å². The topological polar surface area (TPSA) is 83.1 Å². The van der Waals surface area contributed by atoms with Crippen LogP contribution in [0.4, 0.5) is 5.82 Å². The summed E-state index contributed by atoms with van der Waals surface area (Å²) >= 11 is 1.46. The fourth-order valence-corrected chi connectivity index (χ4v) is 4.38. The Balaban J connectivity index is 1.23. The van der Waals surface area contributed by atoms with Gasteiger partial charge in [0.05, 0.1) is 35.7 Å². The highest BCUT2D eigenvalue weighted by Gasteiger charge is 2.14. The molecule has 5 rings (SSSR count). The van der Waals surface area contributed by atoms with Gasteiger partial charge in [0, 0.05) is 29.7 Å². The monoisotopic (exact) mass is 419 g/mol. The van der Waals surface area contributed by atoms with Gasteiger partial charge in [-0.25, -0.2) is 9.97 Å². The predicted molar refractivity (Wildman–Crippen MR) is 118 cm³/mol. The van der Waals surface area contributed by atoms with E-state index in [0.29, 0.717) is 11.4 Å². The first kappa shape index (κ1) is 18.8. The first-order valence-electron chi connectivity index (χ1n) is 9.87. The molecule has 0 bridgehead atoms. The van der Waals surface area contributed by atoms with Crippen LogP contribution in [0.25, 0.3) is 21.5 Å². The van der Waals surface area contributed by atoms with Crippen LogP contribution < -0.4 is 10.2 Å². The Morgan fingerprint density at radius 2 is 2.00 bits per heavy atom. The number of amides is 1. The number of hydrogen-bond acceptors (Lipinski definition) is 6. The van der Waals surface area contributed by atoms with E-state index in [-0.39, 0.29) is 5.91 Å². The van der Waals surface area contributed by atoms with Crippen molar-refractivity contribution in [2.75, 3.05) is 31.2 Å². The van der Waals surface area contributed by atoms with Crippen molar-refractivity contribution in [1.29, 1.82) is 0 Å². The quantitative estimate of drug-likeness (QED) is 0.518. The minimum Gasteiger partial charge on any atom is -0.378 e. The Bertz CT molecular complexity index is 1130. The maximum absolute atomic E-state index is 12.6. The summed E-state index contributed by atoms with van der Waals surface area (Å²) in [6.45, 7) is 3.56. The number of carbonyl (C=O) groups excluding carboxylic acids is 1. The van der Waals surface area contributed by atoms with E-state index in [9.17, 15) is 4.79 Å². The molecule has 4 aromatic rings. The van der Waals surface area contributed by atoms with Gasteiger partial charge >= 0.3 is 0 Å². The van der Waals surface area contributed by atoms with Crippen LogP contribution in [0.5, 0.6) is 0 Å². The Morgan fingerprint density at radius 3 is 2.80 bits per heavy atom. The van der Waals surface area contributed by atoms with Crippen molar-refractivity contribution in [3.8, 4) is 10.4 Å². The number of nitrogens with zero attached hydrogens (tertiary/aromatic N) is 3. The second kappa shape index (κ2) is 8.25. The van der Waals surface area contributed by atoms with Crippen molar-refractivity contribution in [2.45, 2.75) is 6.54 Å². The number of hydrogen-bond donors (Lipinski definition) is 2. The molecular weight excluding hydrogens is 398 g/mol. The summed E-state index contributed by atoms with van der Waals surface area (Å²) in [4.78, 5) is 28.8. The number of imidazole rings is 1. The van der Waals surface area contributed by atoms with Gasteiger partial charge in [-0.3, -0.25) is 4.79 Å². The smallest absolute Gasteiger partial charge is 0.261 e. The number of pyridine rings is 1. The first-order valence-corrected chi connectivity index (χ1v) is 10.7. The molecular formula is C22H21N5O2S. The van der Waals surface area contributed by atoms with E-state index in [1.165, 1.54) is 11.3 Å². The minimum atomic E-state index is -0.107. The van der Waals surface area contributed by atoms with Crippen molar-refractivity contribution in [1.82, 2.24) is 20.3 Å². The fraction of sp³-hybridized carbons (Fsp3) is 0.227. The number of ether oxygens (including phenoxy) is 1. The Morgan fingerprint density at radius 1 is 1.13 bits per heavy atom. The highest BCUT2D eigenvalue weighted by Crippen LogP contribution is 2.29. The van der Waals surface area contributed by atoms with E-state index >= 15 is 0 Å². The number of thiophene rings is 1. The van der Waals surface area contributed by atoms with Gasteiger partial charge in [0.2, 0.25) is 0 Å². The van der Waals surface area contributed by atoms with Crippen LogP contribution in [0.1, 0.15) is 15.5 Å². The third-order valence-electron chi connectivity index (χ3n) is 5.05. The van der Waals surface area contributed by atoms with Gasteiger partial charge in [-0.15, -0.1) is 11.3 Å². The fourth-order valence-electron chi connectivity index (χ4n) is 3.47. The molecule has 8 heteroatoms. The lowest BCUT2D eigenvalue weighted by atomic mass is 10.2. The SMILES string of the molecule is O=C(NCc1nc2ccccc2[nH]1)c1ccc(-c2ccc(N3CCOCC3)nc2)s1. The third-order valence-corrected chi connectivity index (χ3v) is 6.19. The Hall–Kier alpha value is -3.23. The molecule has 0 spiro atoms. The van der Waals surface area contributed by atoms with E-state index in [1.807, 2.05) is 48.7 Å². The highest BCUT2D eigenvalue weighted by molar-refractivity contribution is 7.17. The summed E-state index contributed by atoms with van der Waals surface area (Å²) < 4.78 is 5.39. The molecule has 30 heavy (non-hydrogen) atoms. The number of anilines is 1. The lowest BCUT2D eigenvalue weighted by molar-refractivity contribution is 0.0954. The van der Waals surface area contributed by atoms with Gasteiger partial charge < -0.3 is 19.9 Å². The summed E-state index contributed by atoms with van der Waals surface area (Å²) in [5.74, 6) is 1.59. The first-order chi connectivity index (χ1) is 14.8. The van der Waals surface area contributed by atoms with Gasteiger partial charge in [0.15, 0.2) is 0 Å². The maximum Gasteiger partial charge on any atom is 0.261 e. The van der Waals surface area contributed by atoms with E-state index < -0.39 is 0 Å². The average Bonchev–Trinajstić information content (AvgIpc) is 3.45. The molecule has 1 fully saturated rings. The third kappa shape index (κ3) is 3.92. The standard InChI is InChI=1S/C22H21N5O2S/c28-22(24-14-20-25-16-3-1-2-4-17(16)26-20)19-7-6-18(30-19)15-5-8-21(23-13-15)27-9-11-29-12-10-27/h1-8,13H,9-12,14H2,(H,24,28)(H,25,26). The molecule has 1 amide bonds. The van der Waals surface area contributed by atoms with Crippen LogP contribution in [0.3, 0.4) is 0 Å². The number of H-pyrrole nitrogens is 1. The zero-order chi connectivity index (χ0) is 20.3. The molecule has 0 atom stereocenters. The summed E-state index contributed by atoms with van der Waals surface area (Å²) in [7, 11) is 0. The Kier molecular flexibility index (Phi) is 5.17. The predicted octanol–water partition coefficient (Wildman–Crippen LogP) is 3.45. The van der Waals surface area contributed by atoms with E-state index in [4.69, 9.17) is 4.74 Å². The molecule has 152 valence electrons. The van der Waals surface area contributed by atoms with Crippen molar-refractivity contribution >= 4 is 34.1 Å². The molecule has 1 aliphatic heterocycles. The summed E-state index contributed by atoms with van der Waals surface area (Å²) in [5.41, 5.74) is 2.87. The molecule has 0 saturated carbocycles. The number of aromatic amines is 1. The van der Waals surface area contributed by atoms with Crippen molar-refractivity contribution in [2.24, 2.45) is 0 Å². The molecule has 7 nitrogen and oxygen atoms in total. The number of benzene rings is 1. The number of nitrogens with one attached hydrogen (secondary N) is 2. The number of carbonyl (C=O) groups is 1. The molecule has 4 heterocycles. The van der Waals surface area contributed by atoms with Crippen molar-refractivity contribution < 1.29 is 9.53 Å². The maximum atomic E-state index is 12.6. The van der Waals surface area contributed by atoms with Crippen LogP contribution >= 0.6 is 11.3 Å². The largest absolute Gasteiger partial charge is 0.378 e. The molecule has 0 aliphatic carbocycles. The van der Waals surface area contributed by atoms with Crippen LogP contribution in [-0.2, 0) is 11.3 Å². The van der Waals surface area contributed by atoms with E-state index in [2.05, 4.69) is 31.2 Å². The summed E-state index contributed by atoms with van der Waals surface area (Å²) in [6, 6.07) is 15.7. The highest BCUT2D eigenvalue weighted by atomic mass is 32.1. The van der Waals surface area contributed by atoms with Gasteiger partial charge in [0.25, 0.3) is 5.91 Å². The molecule has 3 aromatic heterocycles. The number of aromatic nitrogens is 3. The van der Waals surface area contributed by atoms with E-state index in [1.54, 1.807) is 0 Å². The number of fused-ring (bicyclic) bond motifs is 1.